The molecule has 5 aromatic rings. The van der Waals surface area contributed by atoms with E-state index in [4.69, 9.17) is 9.57 Å². The second-order valence-corrected chi connectivity index (χ2v) is 12.1. The number of hydrogen-bond acceptors (Lipinski definition) is 6. The summed E-state index contributed by atoms with van der Waals surface area (Å²) in [5.41, 5.74) is 6.13. The van der Waals surface area contributed by atoms with E-state index >= 15 is 0 Å². The molecule has 1 atom stereocenters. The summed E-state index contributed by atoms with van der Waals surface area (Å²) in [7, 11) is 0. The maximum atomic E-state index is 14.0. The van der Waals surface area contributed by atoms with Crippen molar-refractivity contribution < 1.29 is 19.2 Å². The van der Waals surface area contributed by atoms with Crippen LogP contribution in [0.5, 0.6) is 0 Å². The minimum absolute atomic E-state index is 0.00777. The predicted molar refractivity (Wildman–Crippen MR) is 184 cm³/mol. The number of benzene rings is 4. The molecule has 1 fully saturated rings. The average molecular weight is 616 g/mol. The van der Waals surface area contributed by atoms with Gasteiger partial charge in [-0.1, -0.05) is 72.7 Å². The molecule has 1 saturated heterocycles. The number of ketones is 1. The molecule has 7 heteroatoms. The number of fused-ring (bicyclic) bond motifs is 3. The molecule has 7 nitrogen and oxygen atoms in total. The van der Waals surface area contributed by atoms with Crippen LogP contribution in [-0.2, 0) is 27.3 Å². The summed E-state index contributed by atoms with van der Waals surface area (Å²) in [4.78, 5) is 35.4. The van der Waals surface area contributed by atoms with Crippen LogP contribution < -0.4 is 0 Å². The monoisotopic (exact) mass is 615 g/mol. The molecule has 0 aliphatic carbocycles. The maximum absolute atomic E-state index is 14.0. The molecule has 0 N–H and O–H groups in total. The van der Waals surface area contributed by atoms with E-state index in [1.54, 1.807) is 0 Å². The molecular formula is C39H41N3O4. The zero-order chi connectivity index (χ0) is 32.3. The zero-order valence-electron chi connectivity index (χ0n) is 27.1. The number of oxime groups is 1. The van der Waals surface area contributed by atoms with Gasteiger partial charge in [0.05, 0.1) is 18.9 Å². The van der Waals surface area contributed by atoms with Crippen LogP contribution in [0.3, 0.4) is 0 Å². The van der Waals surface area contributed by atoms with E-state index in [1.807, 2.05) is 87.5 Å². The molecule has 4 aromatic carbocycles. The number of aromatic nitrogens is 1. The Morgan fingerprint density at radius 1 is 0.848 bits per heavy atom. The number of nitrogens with zero attached hydrogens (tertiary/aromatic N) is 3. The predicted octanol–water partition coefficient (Wildman–Crippen LogP) is 7.34. The fraction of sp³-hybridized carbons (Fsp3) is 0.308. The van der Waals surface area contributed by atoms with Crippen molar-refractivity contribution in [3.8, 4) is 0 Å². The number of aryl methyl sites for hydroxylation is 2. The lowest BCUT2D eigenvalue weighted by molar-refractivity contribution is -0.162. The first-order valence-electron chi connectivity index (χ1n) is 16.2. The first-order chi connectivity index (χ1) is 22.4. The third kappa shape index (κ3) is 5.88. The van der Waals surface area contributed by atoms with Gasteiger partial charge in [0.15, 0.2) is 5.78 Å². The zero-order valence-corrected chi connectivity index (χ0v) is 27.1. The van der Waals surface area contributed by atoms with Gasteiger partial charge in [-0.05, 0) is 74.2 Å². The third-order valence-corrected chi connectivity index (χ3v) is 9.44. The summed E-state index contributed by atoms with van der Waals surface area (Å²) < 4.78 is 7.86. The van der Waals surface area contributed by atoms with E-state index < -0.39 is 5.54 Å². The van der Waals surface area contributed by atoms with Gasteiger partial charge in [-0.25, -0.2) is 4.79 Å². The molecule has 0 bridgehead atoms. The number of rotatable bonds is 10. The van der Waals surface area contributed by atoms with Gasteiger partial charge >= 0.3 is 5.97 Å². The van der Waals surface area contributed by atoms with Crippen molar-refractivity contribution in [3.05, 3.63) is 119 Å². The molecule has 1 unspecified atom stereocenters. The Kier molecular flexibility index (Phi) is 9.15. The summed E-state index contributed by atoms with van der Waals surface area (Å²) in [5, 5.41) is 6.43. The number of carbonyl (C=O) groups is 2. The van der Waals surface area contributed by atoms with Gasteiger partial charge in [0.2, 0.25) is 0 Å². The summed E-state index contributed by atoms with van der Waals surface area (Å²) in [6.45, 7) is 11.2. The highest BCUT2D eigenvalue weighted by Gasteiger charge is 2.45. The Morgan fingerprint density at radius 2 is 1.48 bits per heavy atom. The topological polar surface area (TPSA) is 73.1 Å². The number of morpholine rings is 1. The first kappa shape index (κ1) is 31.4. The molecule has 0 saturated carbocycles. The summed E-state index contributed by atoms with van der Waals surface area (Å²) >= 11 is 0. The van der Waals surface area contributed by atoms with Crippen molar-refractivity contribution in [2.45, 2.75) is 52.6 Å². The Balaban J connectivity index is 1.33. The van der Waals surface area contributed by atoms with Gasteiger partial charge in [-0.2, -0.15) is 0 Å². The van der Waals surface area contributed by atoms with E-state index in [0.717, 1.165) is 45.0 Å². The SMILES string of the molecule is CCn1c2ccc(C(=O)c3ccccc3C)cc2c2cc(C(C)=NOC(=O)C(CC)(Cc3ccccc3)N3CCOCC3)ccc21. The number of ether oxygens (including phenoxy) is 1. The highest BCUT2D eigenvalue weighted by molar-refractivity contribution is 6.16. The molecule has 1 aromatic heterocycles. The Bertz CT molecular complexity index is 1920. The van der Waals surface area contributed by atoms with E-state index in [1.165, 1.54) is 0 Å². The van der Waals surface area contributed by atoms with Gasteiger partial charge in [0, 0.05) is 59.0 Å². The van der Waals surface area contributed by atoms with Gasteiger partial charge in [0.25, 0.3) is 0 Å². The lowest BCUT2D eigenvalue weighted by Gasteiger charge is -2.42. The van der Waals surface area contributed by atoms with E-state index in [9.17, 15) is 9.59 Å². The number of carbonyl (C=O) groups excluding carboxylic acids is 2. The average Bonchev–Trinajstić information content (AvgIpc) is 3.42. The Hall–Kier alpha value is -4.59. The van der Waals surface area contributed by atoms with Gasteiger partial charge in [0.1, 0.15) is 5.54 Å². The van der Waals surface area contributed by atoms with Crippen LogP contribution in [0, 0.1) is 6.92 Å². The fourth-order valence-electron chi connectivity index (χ4n) is 6.77. The smallest absolute Gasteiger partial charge is 0.355 e. The standard InChI is InChI=1S/C39H41N3O4/c1-5-39(41-20-22-45-23-21-41,26-29-13-8-7-9-14-29)38(44)46-40-28(4)30-16-18-35-33(24-30)34-25-31(17-19-36(34)42(35)6-2)37(43)32-15-11-10-12-27(32)3/h7-19,24-25H,5-6,20-23,26H2,1-4H3. The highest BCUT2D eigenvalue weighted by Crippen LogP contribution is 2.32. The van der Waals surface area contributed by atoms with Crippen LogP contribution in [0.15, 0.2) is 96.2 Å². The Labute approximate surface area is 270 Å². The second kappa shape index (κ2) is 13.4. The van der Waals surface area contributed by atoms with Gasteiger partial charge < -0.3 is 14.1 Å². The minimum atomic E-state index is -0.854. The molecule has 0 radical (unpaired) electrons. The van der Waals surface area contributed by atoms with E-state index in [2.05, 4.69) is 45.8 Å². The molecule has 1 aliphatic heterocycles. The molecule has 0 spiro atoms. The van der Waals surface area contributed by atoms with Gasteiger partial charge in [-0.15, -0.1) is 0 Å². The number of hydrogen-bond donors (Lipinski definition) is 0. The summed E-state index contributed by atoms with van der Waals surface area (Å²) in [5.74, 6) is -0.350. The molecule has 46 heavy (non-hydrogen) atoms. The van der Waals surface area contributed by atoms with Crippen LogP contribution in [-0.4, -0.2) is 58.8 Å². The fourth-order valence-corrected chi connectivity index (χ4v) is 6.77. The minimum Gasteiger partial charge on any atom is -0.379 e. The molecule has 236 valence electrons. The van der Waals surface area contributed by atoms with Crippen molar-refractivity contribution >= 4 is 39.3 Å². The molecule has 0 amide bonds. The molecule has 1 aliphatic rings. The first-order valence-corrected chi connectivity index (χ1v) is 16.2. The van der Waals surface area contributed by atoms with Crippen LogP contribution in [0.2, 0.25) is 0 Å². The van der Waals surface area contributed by atoms with Crippen molar-refractivity contribution in [3.63, 3.8) is 0 Å². The normalized spacial score (nSPS) is 15.6. The van der Waals surface area contributed by atoms with Crippen molar-refractivity contribution in [2.75, 3.05) is 26.3 Å². The largest absolute Gasteiger partial charge is 0.379 e. The summed E-state index contributed by atoms with van der Waals surface area (Å²) in [6.07, 6.45) is 1.12. The Morgan fingerprint density at radius 3 is 2.13 bits per heavy atom. The second-order valence-electron chi connectivity index (χ2n) is 12.1. The van der Waals surface area contributed by atoms with E-state index in [0.29, 0.717) is 56.0 Å². The molecule has 6 rings (SSSR count). The lowest BCUT2D eigenvalue weighted by Crippen LogP contribution is -2.59. The van der Waals surface area contributed by atoms with Crippen LogP contribution >= 0.6 is 0 Å². The van der Waals surface area contributed by atoms with E-state index in [-0.39, 0.29) is 11.8 Å². The van der Waals surface area contributed by atoms with Crippen molar-refractivity contribution in [1.82, 2.24) is 9.47 Å². The molecular weight excluding hydrogens is 574 g/mol. The lowest BCUT2D eigenvalue weighted by atomic mass is 9.86. The van der Waals surface area contributed by atoms with Crippen molar-refractivity contribution in [2.24, 2.45) is 5.16 Å². The third-order valence-electron chi connectivity index (χ3n) is 9.44. The van der Waals surface area contributed by atoms with Crippen LogP contribution in [0.25, 0.3) is 21.8 Å². The van der Waals surface area contributed by atoms with Crippen LogP contribution in [0.1, 0.15) is 59.8 Å². The highest BCUT2D eigenvalue weighted by atomic mass is 16.7. The van der Waals surface area contributed by atoms with Crippen LogP contribution in [0.4, 0.5) is 0 Å². The molecule has 2 heterocycles. The van der Waals surface area contributed by atoms with Crippen molar-refractivity contribution in [1.29, 1.82) is 0 Å². The maximum Gasteiger partial charge on any atom is 0.355 e. The van der Waals surface area contributed by atoms with Gasteiger partial charge in [-0.3, -0.25) is 9.69 Å². The quantitative estimate of drug-likeness (QED) is 0.0711. The summed E-state index contributed by atoms with van der Waals surface area (Å²) in [6, 6.07) is 29.9.